The summed E-state index contributed by atoms with van der Waals surface area (Å²) >= 11 is 0. The number of carbonyl (C=O) groups is 2. The SMILES string of the molecule is CCC(C)N(CC(=O)O)C(=O)CC1CCCC1. The quantitative estimate of drug-likeness (QED) is 0.776. The molecule has 1 atom stereocenters. The maximum Gasteiger partial charge on any atom is 0.323 e. The molecule has 1 N–H and O–H groups in total. The van der Waals surface area contributed by atoms with Crippen LogP contribution >= 0.6 is 0 Å². The van der Waals surface area contributed by atoms with E-state index in [1.54, 1.807) is 0 Å². The van der Waals surface area contributed by atoms with Gasteiger partial charge in [0, 0.05) is 12.5 Å². The fourth-order valence-corrected chi connectivity index (χ4v) is 2.43. The largest absolute Gasteiger partial charge is 0.480 e. The van der Waals surface area contributed by atoms with Gasteiger partial charge in [-0.25, -0.2) is 0 Å². The van der Waals surface area contributed by atoms with E-state index < -0.39 is 5.97 Å². The number of hydrogen-bond donors (Lipinski definition) is 1. The van der Waals surface area contributed by atoms with Crippen LogP contribution in [0.3, 0.4) is 0 Å². The zero-order valence-corrected chi connectivity index (χ0v) is 10.8. The normalized spacial score (nSPS) is 18.0. The summed E-state index contributed by atoms with van der Waals surface area (Å²) in [6, 6.07) is 0.0139. The molecule has 0 spiro atoms. The van der Waals surface area contributed by atoms with E-state index in [4.69, 9.17) is 5.11 Å². The summed E-state index contributed by atoms with van der Waals surface area (Å²) in [5, 5.41) is 8.84. The van der Waals surface area contributed by atoms with Gasteiger partial charge in [-0.3, -0.25) is 9.59 Å². The molecule has 1 unspecified atom stereocenters. The molecule has 0 aromatic rings. The van der Waals surface area contributed by atoms with Crippen molar-refractivity contribution in [3.8, 4) is 0 Å². The molecule has 4 heteroatoms. The third-order valence-electron chi connectivity index (χ3n) is 3.69. The van der Waals surface area contributed by atoms with Crippen LogP contribution in [0.1, 0.15) is 52.4 Å². The number of carboxylic acids is 1. The lowest BCUT2D eigenvalue weighted by atomic mass is 10.0. The van der Waals surface area contributed by atoms with Crippen LogP contribution in [0.15, 0.2) is 0 Å². The number of nitrogens with zero attached hydrogens (tertiary/aromatic N) is 1. The van der Waals surface area contributed by atoms with Crippen LogP contribution in [0.25, 0.3) is 0 Å². The van der Waals surface area contributed by atoms with Gasteiger partial charge in [-0.2, -0.15) is 0 Å². The molecule has 0 heterocycles. The smallest absolute Gasteiger partial charge is 0.323 e. The van der Waals surface area contributed by atoms with Gasteiger partial charge in [0.25, 0.3) is 0 Å². The highest BCUT2D eigenvalue weighted by Crippen LogP contribution is 2.28. The van der Waals surface area contributed by atoms with Crippen LogP contribution in [-0.4, -0.2) is 34.5 Å². The monoisotopic (exact) mass is 241 g/mol. The Balaban J connectivity index is 2.54. The molecule has 0 bridgehead atoms. The second-order valence-electron chi connectivity index (χ2n) is 5.03. The maximum absolute atomic E-state index is 12.1. The third-order valence-corrected chi connectivity index (χ3v) is 3.69. The Kier molecular flexibility index (Phi) is 5.45. The number of hydrogen-bond acceptors (Lipinski definition) is 2. The van der Waals surface area contributed by atoms with Gasteiger partial charge in [-0.15, -0.1) is 0 Å². The van der Waals surface area contributed by atoms with Crippen LogP contribution in [-0.2, 0) is 9.59 Å². The highest BCUT2D eigenvalue weighted by atomic mass is 16.4. The van der Waals surface area contributed by atoms with Crippen molar-refractivity contribution in [2.24, 2.45) is 5.92 Å². The fourth-order valence-electron chi connectivity index (χ4n) is 2.43. The number of aliphatic carboxylic acids is 1. The Labute approximate surface area is 103 Å². The number of amides is 1. The Hall–Kier alpha value is -1.06. The van der Waals surface area contributed by atoms with E-state index in [1.165, 1.54) is 17.7 Å². The van der Waals surface area contributed by atoms with E-state index >= 15 is 0 Å². The zero-order chi connectivity index (χ0) is 12.8. The average Bonchev–Trinajstić information content (AvgIpc) is 2.77. The summed E-state index contributed by atoms with van der Waals surface area (Å²) < 4.78 is 0. The second-order valence-corrected chi connectivity index (χ2v) is 5.03. The predicted octanol–water partition coefficient (Wildman–Crippen LogP) is 2.28. The van der Waals surface area contributed by atoms with Gasteiger partial charge < -0.3 is 10.0 Å². The van der Waals surface area contributed by atoms with E-state index in [2.05, 4.69) is 0 Å². The van der Waals surface area contributed by atoms with E-state index in [-0.39, 0.29) is 18.5 Å². The second kappa shape index (κ2) is 6.62. The van der Waals surface area contributed by atoms with Crippen LogP contribution in [0.2, 0.25) is 0 Å². The number of rotatable bonds is 6. The first kappa shape index (κ1) is 14.0. The molecule has 1 aliphatic rings. The molecule has 1 aliphatic carbocycles. The topological polar surface area (TPSA) is 57.6 Å². The van der Waals surface area contributed by atoms with Crippen molar-refractivity contribution >= 4 is 11.9 Å². The molecule has 1 fully saturated rings. The summed E-state index contributed by atoms with van der Waals surface area (Å²) in [5.41, 5.74) is 0. The van der Waals surface area contributed by atoms with Gasteiger partial charge in [0.2, 0.25) is 5.91 Å². The lowest BCUT2D eigenvalue weighted by Crippen LogP contribution is -2.42. The van der Waals surface area contributed by atoms with Crippen molar-refractivity contribution in [1.82, 2.24) is 4.90 Å². The molecule has 0 aliphatic heterocycles. The van der Waals surface area contributed by atoms with Crippen LogP contribution in [0.4, 0.5) is 0 Å². The summed E-state index contributed by atoms with van der Waals surface area (Å²) in [4.78, 5) is 24.4. The van der Waals surface area contributed by atoms with Crippen molar-refractivity contribution < 1.29 is 14.7 Å². The minimum Gasteiger partial charge on any atom is -0.480 e. The molecule has 4 nitrogen and oxygen atoms in total. The maximum atomic E-state index is 12.1. The zero-order valence-electron chi connectivity index (χ0n) is 10.8. The van der Waals surface area contributed by atoms with Gasteiger partial charge in [-0.1, -0.05) is 19.8 Å². The number of carbonyl (C=O) groups excluding carboxylic acids is 1. The first-order valence-corrected chi connectivity index (χ1v) is 6.55. The lowest BCUT2D eigenvalue weighted by molar-refractivity contribution is -0.146. The predicted molar refractivity (Wildman–Crippen MR) is 65.7 cm³/mol. The Morgan fingerprint density at radius 1 is 1.35 bits per heavy atom. The van der Waals surface area contributed by atoms with Gasteiger partial charge in [-0.05, 0) is 32.1 Å². The standard InChI is InChI=1S/C13H23NO3/c1-3-10(2)14(9-13(16)17)12(15)8-11-6-4-5-7-11/h10-11H,3-9H2,1-2H3,(H,16,17). The highest BCUT2D eigenvalue weighted by Gasteiger charge is 2.25. The Morgan fingerprint density at radius 2 is 1.94 bits per heavy atom. The molecule has 0 radical (unpaired) electrons. The molecular weight excluding hydrogens is 218 g/mol. The third kappa shape index (κ3) is 4.36. The van der Waals surface area contributed by atoms with Gasteiger partial charge in [0.05, 0.1) is 0 Å². The minimum atomic E-state index is -0.926. The van der Waals surface area contributed by atoms with Gasteiger partial charge >= 0.3 is 5.97 Å². The summed E-state index contributed by atoms with van der Waals surface area (Å²) in [5.74, 6) is -0.443. The van der Waals surface area contributed by atoms with E-state index in [1.807, 2.05) is 13.8 Å². The average molecular weight is 241 g/mol. The van der Waals surface area contributed by atoms with Crippen molar-refractivity contribution in [3.63, 3.8) is 0 Å². The summed E-state index contributed by atoms with van der Waals surface area (Å²) in [7, 11) is 0. The molecule has 1 amide bonds. The molecule has 0 aromatic heterocycles. The van der Waals surface area contributed by atoms with E-state index in [0.29, 0.717) is 12.3 Å². The Bertz CT molecular complexity index is 272. The summed E-state index contributed by atoms with van der Waals surface area (Å²) in [6.07, 6.45) is 5.97. The van der Waals surface area contributed by atoms with E-state index in [0.717, 1.165) is 19.3 Å². The Morgan fingerprint density at radius 3 is 2.41 bits per heavy atom. The first-order chi connectivity index (χ1) is 8.04. The molecular formula is C13H23NO3. The van der Waals surface area contributed by atoms with Crippen LogP contribution in [0, 0.1) is 5.92 Å². The first-order valence-electron chi connectivity index (χ1n) is 6.55. The highest BCUT2D eigenvalue weighted by molar-refractivity contribution is 5.81. The van der Waals surface area contributed by atoms with Gasteiger partial charge in [0.1, 0.15) is 6.54 Å². The number of carboxylic acid groups (broad SMARTS) is 1. The van der Waals surface area contributed by atoms with E-state index in [9.17, 15) is 9.59 Å². The minimum absolute atomic E-state index is 0.00801. The molecule has 1 rings (SSSR count). The fraction of sp³-hybridized carbons (Fsp3) is 0.846. The molecule has 17 heavy (non-hydrogen) atoms. The lowest BCUT2D eigenvalue weighted by Gasteiger charge is -2.28. The molecule has 0 aromatic carbocycles. The molecule has 0 saturated heterocycles. The van der Waals surface area contributed by atoms with Gasteiger partial charge in [0.15, 0.2) is 0 Å². The summed E-state index contributed by atoms with van der Waals surface area (Å²) in [6.45, 7) is 3.72. The van der Waals surface area contributed by atoms with Crippen molar-refractivity contribution in [2.75, 3.05) is 6.54 Å². The van der Waals surface area contributed by atoms with Crippen LogP contribution in [0.5, 0.6) is 0 Å². The molecule has 98 valence electrons. The van der Waals surface area contributed by atoms with Crippen molar-refractivity contribution in [3.05, 3.63) is 0 Å². The molecule has 1 saturated carbocycles. The van der Waals surface area contributed by atoms with Crippen LogP contribution < -0.4 is 0 Å². The van der Waals surface area contributed by atoms with Crippen molar-refractivity contribution in [2.45, 2.75) is 58.4 Å². The van der Waals surface area contributed by atoms with Crippen molar-refractivity contribution in [1.29, 1.82) is 0 Å².